The van der Waals surface area contributed by atoms with Crippen molar-refractivity contribution in [3.63, 3.8) is 0 Å². The topological polar surface area (TPSA) is 87.7 Å². The van der Waals surface area contributed by atoms with Gasteiger partial charge in [0.25, 0.3) is 0 Å². The van der Waals surface area contributed by atoms with Gasteiger partial charge in [0.05, 0.1) is 0 Å². The lowest BCUT2D eigenvalue weighted by molar-refractivity contribution is -0.139. The number of nitrogens with one attached hydrogen (secondary N) is 2. The number of hydrogen-bond donors (Lipinski definition) is 3. The first-order valence-electron chi connectivity index (χ1n) is 9.10. The number of alkyl carbamates (subject to hydrolysis) is 1. The van der Waals surface area contributed by atoms with Crippen LogP contribution in [0.3, 0.4) is 0 Å². The molecule has 0 aliphatic heterocycles. The number of rotatable bonds is 8. The second-order valence-corrected chi connectivity index (χ2v) is 6.61. The zero-order valence-electron chi connectivity index (χ0n) is 15.3. The van der Waals surface area contributed by atoms with Gasteiger partial charge >= 0.3 is 12.1 Å². The Balaban J connectivity index is 1.64. The fraction of sp³-hybridized carbons (Fsp3) is 0.333. The minimum atomic E-state index is -1.06. The number of carboxylic acids is 1. The first-order valence-corrected chi connectivity index (χ1v) is 9.10. The number of fused-ring (bicyclic) bond motifs is 3. The van der Waals surface area contributed by atoms with Crippen LogP contribution in [0.4, 0.5) is 4.79 Å². The lowest BCUT2D eigenvalue weighted by Crippen LogP contribution is -2.41. The molecule has 1 aliphatic carbocycles. The van der Waals surface area contributed by atoms with E-state index in [-0.39, 0.29) is 12.5 Å². The van der Waals surface area contributed by atoms with Crippen molar-refractivity contribution in [3.05, 3.63) is 59.7 Å². The van der Waals surface area contributed by atoms with Crippen LogP contribution in [0.1, 0.15) is 29.9 Å². The summed E-state index contributed by atoms with van der Waals surface area (Å²) >= 11 is 0. The third-order valence-electron chi connectivity index (χ3n) is 4.85. The Morgan fingerprint density at radius 1 is 1.07 bits per heavy atom. The van der Waals surface area contributed by atoms with Gasteiger partial charge in [0.1, 0.15) is 12.6 Å². The minimum Gasteiger partial charge on any atom is -0.480 e. The summed E-state index contributed by atoms with van der Waals surface area (Å²) in [5.41, 5.74) is 4.54. The van der Waals surface area contributed by atoms with Crippen molar-refractivity contribution in [1.82, 2.24) is 10.6 Å². The van der Waals surface area contributed by atoms with Gasteiger partial charge in [-0.3, -0.25) is 0 Å². The summed E-state index contributed by atoms with van der Waals surface area (Å²) in [4.78, 5) is 23.5. The SMILES string of the molecule is CNCCC[C@@H](NC(=O)OCC1c2ccccc2-c2ccccc21)C(=O)O. The standard InChI is InChI=1S/C21H24N2O4/c1-22-12-6-11-19(20(24)25)23-21(26)27-13-18-16-9-4-2-7-14(16)15-8-3-5-10-17(15)18/h2-5,7-10,18-19,22H,6,11-13H2,1H3,(H,23,26)(H,24,25)/t19-/m1/s1. The average molecular weight is 368 g/mol. The molecule has 0 heterocycles. The fourth-order valence-corrected chi connectivity index (χ4v) is 3.52. The van der Waals surface area contributed by atoms with E-state index in [1.165, 1.54) is 0 Å². The van der Waals surface area contributed by atoms with Gasteiger partial charge in [0, 0.05) is 5.92 Å². The summed E-state index contributed by atoms with van der Waals surface area (Å²) in [6, 6.07) is 15.2. The highest BCUT2D eigenvalue weighted by Crippen LogP contribution is 2.44. The Labute approximate surface area is 158 Å². The van der Waals surface area contributed by atoms with Crippen molar-refractivity contribution in [2.45, 2.75) is 24.8 Å². The van der Waals surface area contributed by atoms with E-state index in [0.717, 1.165) is 22.3 Å². The van der Waals surface area contributed by atoms with Gasteiger partial charge in [-0.05, 0) is 48.7 Å². The van der Waals surface area contributed by atoms with E-state index in [1.807, 2.05) is 36.4 Å². The van der Waals surface area contributed by atoms with E-state index >= 15 is 0 Å². The van der Waals surface area contributed by atoms with Gasteiger partial charge in [0.15, 0.2) is 0 Å². The molecule has 2 aromatic rings. The lowest BCUT2D eigenvalue weighted by Gasteiger charge is -2.17. The van der Waals surface area contributed by atoms with Crippen molar-refractivity contribution in [1.29, 1.82) is 0 Å². The zero-order chi connectivity index (χ0) is 19.2. The van der Waals surface area contributed by atoms with E-state index in [4.69, 9.17) is 4.74 Å². The summed E-state index contributed by atoms with van der Waals surface area (Å²) in [5.74, 6) is -1.10. The van der Waals surface area contributed by atoms with Crippen molar-refractivity contribution < 1.29 is 19.4 Å². The molecule has 6 nitrogen and oxygen atoms in total. The largest absolute Gasteiger partial charge is 0.480 e. The van der Waals surface area contributed by atoms with E-state index in [2.05, 4.69) is 22.8 Å². The Morgan fingerprint density at radius 2 is 1.67 bits per heavy atom. The van der Waals surface area contributed by atoms with Crippen LogP contribution >= 0.6 is 0 Å². The van der Waals surface area contributed by atoms with Gasteiger partial charge < -0.3 is 20.5 Å². The second-order valence-electron chi connectivity index (χ2n) is 6.61. The first-order chi connectivity index (χ1) is 13.1. The molecule has 0 saturated carbocycles. The van der Waals surface area contributed by atoms with Crippen LogP contribution in [-0.2, 0) is 9.53 Å². The number of carbonyl (C=O) groups is 2. The van der Waals surface area contributed by atoms with Crippen LogP contribution in [0.2, 0.25) is 0 Å². The average Bonchev–Trinajstić information content (AvgIpc) is 2.99. The minimum absolute atomic E-state index is 0.0456. The molecule has 3 N–H and O–H groups in total. The van der Waals surface area contributed by atoms with Gasteiger partial charge in [-0.15, -0.1) is 0 Å². The number of amides is 1. The Hall–Kier alpha value is -2.86. The molecule has 0 aromatic heterocycles. The predicted octanol–water partition coefficient (Wildman–Crippen LogP) is 2.98. The number of aliphatic carboxylic acids is 1. The molecule has 0 spiro atoms. The van der Waals surface area contributed by atoms with Gasteiger partial charge in [-0.25, -0.2) is 9.59 Å². The monoisotopic (exact) mass is 368 g/mol. The molecule has 27 heavy (non-hydrogen) atoms. The highest BCUT2D eigenvalue weighted by Gasteiger charge is 2.29. The number of benzene rings is 2. The van der Waals surface area contributed by atoms with Crippen LogP contribution < -0.4 is 10.6 Å². The summed E-state index contributed by atoms with van der Waals surface area (Å²) < 4.78 is 5.40. The number of ether oxygens (including phenoxy) is 1. The highest BCUT2D eigenvalue weighted by molar-refractivity contribution is 5.81. The molecule has 142 valence electrons. The van der Waals surface area contributed by atoms with Crippen LogP contribution in [-0.4, -0.2) is 43.4 Å². The number of hydrogen-bond acceptors (Lipinski definition) is 4. The van der Waals surface area contributed by atoms with Crippen LogP contribution in [0.15, 0.2) is 48.5 Å². The van der Waals surface area contributed by atoms with Crippen molar-refractivity contribution >= 4 is 12.1 Å². The van der Waals surface area contributed by atoms with Crippen LogP contribution in [0.25, 0.3) is 11.1 Å². The van der Waals surface area contributed by atoms with E-state index in [9.17, 15) is 14.7 Å². The first kappa shape index (κ1) is 18.9. The van der Waals surface area contributed by atoms with Crippen molar-refractivity contribution in [2.24, 2.45) is 0 Å². The highest BCUT2D eigenvalue weighted by atomic mass is 16.5. The molecule has 2 aromatic carbocycles. The third kappa shape index (κ3) is 4.28. The predicted molar refractivity (Wildman–Crippen MR) is 103 cm³/mol. The molecule has 0 fully saturated rings. The molecule has 1 amide bonds. The Morgan fingerprint density at radius 3 is 2.22 bits per heavy atom. The van der Waals surface area contributed by atoms with Crippen molar-refractivity contribution in [3.8, 4) is 11.1 Å². The number of carbonyl (C=O) groups excluding carboxylic acids is 1. The maximum absolute atomic E-state index is 12.2. The molecule has 0 saturated heterocycles. The second kappa shape index (κ2) is 8.68. The molecular weight excluding hydrogens is 344 g/mol. The van der Waals surface area contributed by atoms with Crippen LogP contribution in [0, 0.1) is 0 Å². The Bertz CT molecular complexity index is 776. The molecule has 0 radical (unpaired) electrons. The summed E-state index contributed by atoms with van der Waals surface area (Å²) in [5, 5.41) is 14.7. The number of carboxylic acid groups (broad SMARTS) is 1. The fourth-order valence-electron chi connectivity index (χ4n) is 3.52. The molecule has 0 bridgehead atoms. The van der Waals surface area contributed by atoms with Gasteiger partial charge in [0.2, 0.25) is 0 Å². The smallest absolute Gasteiger partial charge is 0.407 e. The summed E-state index contributed by atoms with van der Waals surface area (Å²) in [6.07, 6.45) is 0.297. The molecule has 6 heteroatoms. The van der Waals surface area contributed by atoms with Gasteiger partial charge in [-0.2, -0.15) is 0 Å². The van der Waals surface area contributed by atoms with E-state index < -0.39 is 18.1 Å². The lowest BCUT2D eigenvalue weighted by atomic mass is 9.98. The van der Waals surface area contributed by atoms with Crippen LogP contribution in [0.5, 0.6) is 0 Å². The zero-order valence-corrected chi connectivity index (χ0v) is 15.3. The van der Waals surface area contributed by atoms with E-state index in [1.54, 1.807) is 7.05 Å². The Kier molecular flexibility index (Phi) is 6.08. The van der Waals surface area contributed by atoms with E-state index in [0.29, 0.717) is 19.4 Å². The summed E-state index contributed by atoms with van der Waals surface area (Å²) in [6.45, 7) is 0.860. The molecule has 0 unspecified atom stereocenters. The van der Waals surface area contributed by atoms with Gasteiger partial charge in [-0.1, -0.05) is 48.5 Å². The third-order valence-corrected chi connectivity index (χ3v) is 4.85. The summed E-state index contributed by atoms with van der Waals surface area (Å²) in [7, 11) is 1.80. The maximum Gasteiger partial charge on any atom is 0.407 e. The maximum atomic E-state index is 12.2. The molecule has 1 aliphatic rings. The molecule has 1 atom stereocenters. The van der Waals surface area contributed by atoms with Crippen molar-refractivity contribution in [2.75, 3.05) is 20.2 Å². The quantitative estimate of drug-likeness (QED) is 0.624. The molecular formula is C21H24N2O4. The molecule has 3 rings (SSSR count). The normalized spacial score (nSPS) is 13.5.